The third kappa shape index (κ3) is 3.98. The number of benzene rings is 2. The van der Waals surface area contributed by atoms with Gasteiger partial charge < -0.3 is 9.47 Å². The van der Waals surface area contributed by atoms with E-state index in [4.69, 9.17) is 26.2 Å². The number of rotatable bonds is 6. The number of ether oxygens (including phenoxy) is 2. The summed E-state index contributed by atoms with van der Waals surface area (Å²) in [7, 11) is 1.70. The zero-order valence-electron chi connectivity index (χ0n) is 17.1. The molecule has 30 heavy (non-hydrogen) atoms. The largest absolute Gasteiger partial charge is 0.494 e. The molecule has 3 aromatic rings. The molecule has 1 aromatic heterocycles. The van der Waals surface area contributed by atoms with Gasteiger partial charge in [0.1, 0.15) is 11.4 Å². The van der Waals surface area contributed by atoms with Crippen LogP contribution in [0.15, 0.2) is 48.5 Å². The number of aromatic nitrogens is 2. The zero-order valence-corrected chi connectivity index (χ0v) is 18.9. The van der Waals surface area contributed by atoms with Gasteiger partial charge in [-0.3, -0.25) is 0 Å². The quantitative estimate of drug-likeness (QED) is 0.498. The monoisotopic (exact) mass is 442 g/mol. The third-order valence-electron chi connectivity index (χ3n) is 6.14. The summed E-state index contributed by atoms with van der Waals surface area (Å²) in [5, 5.41) is 5.74. The average Bonchev–Trinajstić information content (AvgIpc) is 3.25. The summed E-state index contributed by atoms with van der Waals surface area (Å²) in [6.45, 7) is 0.887. The van der Waals surface area contributed by atoms with Crippen LogP contribution in [0.2, 0.25) is 5.02 Å². The Balaban J connectivity index is 0.00000218. The molecule has 0 radical (unpaired) electrons. The Labute approximate surface area is 189 Å². The third-order valence-corrected chi connectivity index (χ3v) is 6.39. The molecule has 0 amide bonds. The number of hydrogen-bond donors (Lipinski definition) is 0. The second kappa shape index (κ2) is 9.04. The number of halogens is 1. The Bertz CT molecular complexity index is 1010. The van der Waals surface area contributed by atoms with E-state index in [9.17, 15) is 0 Å². The molecule has 0 bridgehead atoms. The predicted molar refractivity (Wildman–Crippen MR) is 125 cm³/mol. The van der Waals surface area contributed by atoms with Crippen LogP contribution in [0, 0.1) is 5.92 Å². The summed E-state index contributed by atoms with van der Waals surface area (Å²) in [6, 6.07) is 16.0. The molecule has 158 valence electrons. The second-order valence-corrected chi connectivity index (χ2v) is 8.46. The molecule has 1 fully saturated rings. The van der Waals surface area contributed by atoms with Gasteiger partial charge in [0.2, 0.25) is 0 Å². The van der Waals surface area contributed by atoms with Crippen molar-refractivity contribution < 1.29 is 9.47 Å². The van der Waals surface area contributed by atoms with Crippen LogP contribution in [0.25, 0.3) is 16.9 Å². The van der Waals surface area contributed by atoms with Crippen LogP contribution in [0.3, 0.4) is 0 Å². The first-order valence-electron chi connectivity index (χ1n) is 10.3. The minimum atomic E-state index is 0. The molecule has 4 nitrogen and oxygen atoms in total. The SMILES string of the molecule is COc1ccccc1-n1nc2c(c1-c1ccc(Cl)cc1)C[C@H](OCC1CCC1)C2.S. The number of fused-ring (bicyclic) bond motifs is 1. The second-order valence-electron chi connectivity index (χ2n) is 8.02. The Hall–Kier alpha value is -1.95. The molecule has 1 atom stereocenters. The van der Waals surface area contributed by atoms with E-state index in [1.807, 2.05) is 41.1 Å². The summed E-state index contributed by atoms with van der Waals surface area (Å²) in [4.78, 5) is 0. The van der Waals surface area contributed by atoms with Crippen LogP contribution < -0.4 is 4.74 Å². The molecule has 2 aliphatic rings. The highest BCUT2D eigenvalue weighted by Gasteiger charge is 2.32. The van der Waals surface area contributed by atoms with E-state index < -0.39 is 0 Å². The highest BCUT2D eigenvalue weighted by atomic mass is 35.5. The fraction of sp³-hybridized carbons (Fsp3) is 0.375. The van der Waals surface area contributed by atoms with Gasteiger partial charge in [-0.15, -0.1) is 0 Å². The van der Waals surface area contributed by atoms with Crippen molar-refractivity contribution in [2.75, 3.05) is 13.7 Å². The molecule has 0 spiro atoms. The minimum Gasteiger partial charge on any atom is -0.494 e. The average molecular weight is 443 g/mol. The van der Waals surface area contributed by atoms with Crippen molar-refractivity contribution in [2.45, 2.75) is 38.2 Å². The summed E-state index contributed by atoms with van der Waals surface area (Å²) in [5.41, 5.74) is 5.56. The summed E-state index contributed by atoms with van der Waals surface area (Å²) < 4.78 is 13.9. The highest BCUT2D eigenvalue weighted by molar-refractivity contribution is 7.59. The lowest BCUT2D eigenvalue weighted by Crippen LogP contribution is -2.23. The summed E-state index contributed by atoms with van der Waals surface area (Å²) in [5.74, 6) is 1.56. The summed E-state index contributed by atoms with van der Waals surface area (Å²) in [6.07, 6.45) is 5.97. The van der Waals surface area contributed by atoms with Gasteiger partial charge in [0.15, 0.2) is 0 Å². The maximum absolute atomic E-state index is 6.25. The van der Waals surface area contributed by atoms with Gasteiger partial charge in [0.25, 0.3) is 0 Å². The maximum Gasteiger partial charge on any atom is 0.144 e. The van der Waals surface area contributed by atoms with Gasteiger partial charge in [0, 0.05) is 35.6 Å². The summed E-state index contributed by atoms with van der Waals surface area (Å²) >= 11 is 6.15. The lowest BCUT2D eigenvalue weighted by molar-refractivity contribution is 0.0159. The van der Waals surface area contributed by atoms with Crippen molar-refractivity contribution in [3.63, 3.8) is 0 Å². The van der Waals surface area contributed by atoms with Crippen LogP contribution in [0.1, 0.15) is 30.5 Å². The zero-order chi connectivity index (χ0) is 19.8. The van der Waals surface area contributed by atoms with Crippen molar-refractivity contribution >= 4 is 25.1 Å². The van der Waals surface area contributed by atoms with Gasteiger partial charge >= 0.3 is 0 Å². The van der Waals surface area contributed by atoms with Crippen molar-refractivity contribution in [1.82, 2.24) is 9.78 Å². The lowest BCUT2D eigenvalue weighted by atomic mass is 9.86. The first-order chi connectivity index (χ1) is 14.2. The van der Waals surface area contributed by atoms with Gasteiger partial charge in [-0.05, 0) is 43.0 Å². The van der Waals surface area contributed by atoms with E-state index in [-0.39, 0.29) is 19.6 Å². The van der Waals surface area contributed by atoms with Crippen molar-refractivity contribution in [2.24, 2.45) is 5.92 Å². The molecule has 0 saturated heterocycles. The molecular weight excluding hydrogens is 416 g/mol. The minimum absolute atomic E-state index is 0. The molecule has 2 aromatic carbocycles. The number of hydrogen-bond acceptors (Lipinski definition) is 3. The fourth-order valence-corrected chi connectivity index (χ4v) is 4.45. The van der Waals surface area contributed by atoms with Crippen molar-refractivity contribution in [1.29, 1.82) is 0 Å². The predicted octanol–water partition coefficient (Wildman–Crippen LogP) is 5.60. The standard InChI is InChI=1S/C24H25ClN2O2.H2S/c1-28-23-8-3-2-7-22(23)27-24(17-9-11-18(25)12-10-17)20-13-19(14-21(20)26-27)29-15-16-5-4-6-16;/h2-3,7-12,16,19H,4-6,13-15H2,1H3;1H2/t19-;/m0./s1. The molecule has 5 rings (SSSR count). The van der Waals surface area contributed by atoms with E-state index in [0.29, 0.717) is 0 Å². The molecule has 1 heterocycles. The smallest absolute Gasteiger partial charge is 0.144 e. The Morgan fingerprint density at radius 2 is 1.83 bits per heavy atom. The number of nitrogens with zero attached hydrogens (tertiary/aromatic N) is 2. The van der Waals surface area contributed by atoms with E-state index in [1.54, 1.807) is 7.11 Å². The Morgan fingerprint density at radius 1 is 1.07 bits per heavy atom. The van der Waals surface area contributed by atoms with Gasteiger partial charge in [0.05, 0.1) is 24.6 Å². The topological polar surface area (TPSA) is 36.3 Å². The highest BCUT2D eigenvalue weighted by Crippen LogP contribution is 2.38. The van der Waals surface area contributed by atoms with Gasteiger partial charge in [-0.2, -0.15) is 18.6 Å². The molecule has 2 aliphatic carbocycles. The number of para-hydroxylation sites is 2. The van der Waals surface area contributed by atoms with E-state index in [0.717, 1.165) is 58.8 Å². The fourth-order valence-electron chi connectivity index (χ4n) is 4.32. The Kier molecular flexibility index (Phi) is 6.42. The number of methoxy groups -OCH3 is 1. The molecule has 0 unspecified atom stereocenters. The van der Waals surface area contributed by atoms with Gasteiger partial charge in [-0.1, -0.05) is 42.3 Å². The molecule has 1 saturated carbocycles. The first-order valence-corrected chi connectivity index (χ1v) is 10.7. The van der Waals surface area contributed by atoms with Crippen LogP contribution in [-0.2, 0) is 17.6 Å². The molecule has 0 aliphatic heterocycles. The van der Waals surface area contributed by atoms with E-state index in [1.165, 1.54) is 24.8 Å². The van der Waals surface area contributed by atoms with Crippen LogP contribution >= 0.6 is 25.1 Å². The van der Waals surface area contributed by atoms with E-state index >= 15 is 0 Å². The van der Waals surface area contributed by atoms with Crippen LogP contribution in [0.4, 0.5) is 0 Å². The van der Waals surface area contributed by atoms with E-state index in [2.05, 4.69) is 12.1 Å². The maximum atomic E-state index is 6.25. The molecule has 6 heteroatoms. The lowest BCUT2D eigenvalue weighted by Gasteiger charge is -2.26. The normalized spacial score (nSPS) is 17.9. The van der Waals surface area contributed by atoms with Crippen LogP contribution in [-0.4, -0.2) is 29.6 Å². The molecule has 0 N–H and O–H groups in total. The first kappa shape index (κ1) is 21.3. The van der Waals surface area contributed by atoms with Crippen molar-refractivity contribution in [3.05, 3.63) is 64.8 Å². The van der Waals surface area contributed by atoms with Gasteiger partial charge in [-0.25, -0.2) is 4.68 Å². The van der Waals surface area contributed by atoms with Crippen LogP contribution in [0.5, 0.6) is 5.75 Å². The Morgan fingerprint density at radius 3 is 2.53 bits per heavy atom. The van der Waals surface area contributed by atoms with Crippen molar-refractivity contribution in [3.8, 4) is 22.7 Å². The molecular formula is C24H27ClN2O2S.